The van der Waals surface area contributed by atoms with Crippen molar-refractivity contribution in [1.29, 1.82) is 0 Å². The second-order valence-electron chi connectivity index (χ2n) is 4.98. The van der Waals surface area contributed by atoms with Gasteiger partial charge in [-0.15, -0.1) is 0 Å². The number of nitrogens with zero attached hydrogens (tertiary/aromatic N) is 3. The Labute approximate surface area is 112 Å². The quantitative estimate of drug-likeness (QED) is 0.883. The first-order valence-electron chi connectivity index (χ1n) is 6.46. The summed E-state index contributed by atoms with van der Waals surface area (Å²) in [6, 6.07) is 1.77. The number of rotatable bonds is 4. The molecule has 0 bridgehead atoms. The summed E-state index contributed by atoms with van der Waals surface area (Å²) in [7, 11) is 0. The van der Waals surface area contributed by atoms with Gasteiger partial charge < -0.3 is 14.7 Å². The molecule has 1 aliphatic heterocycles. The van der Waals surface area contributed by atoms with Gasteiger partial charge in [0, 0.05) is 18.3 Å². The lowest BCUT2D eigenvalue weighted by Gasteiger charge is -2.35. The fraction of sp³-hybridized carbons (Fsp3) is 0.615. The summed E-state index contributed by atoms with van der Waals surface area (Å²) in [4.78, 5) is 21.4. The van der Waals surface area contributed by atoms with Gasteiger partial charge in [0.25, 0.3) is 0 Å². The Kier molecular flexibility index (Phi) is 4.31. The first kappa shape index (κ1) is 13.7. The van der Waals surface area contributed by atoms with Crippen molar-refractivity contribution in [1.82, 2.24) is 9.97 Å². The maximum Gasteiger partial charge on any atom is 0.305 e. The number of hydrogen-bond donors (Lipinski definition) is 1. The molecule has 6 heteroatoms. The third-order valence-corrected chi connectivity index (χ3v) is 3.20. The van der Waals surface area contributed by atoms with E-state index in [-0.39, 0.29) is 12.5 Å². The lowest BCUT2D eigenvalue weighted by atomic mass is 10.1. The van der Waals surface area contributed by atoms with Crippen molar-refractivity contribution in [3.05, 3.63) is 18.1 Å². The van der Waals surface area contributed by atoms with Crippen LogP contribution in [0.2, 0.25) is 0 Å². The van der Waals surface area contributed by atoms with E-state index in [4.69, 9.17) is 9.84 Å². The molecule has 104 valence electrons. The van der Waals surface area contributed by atoms with Crippen LogP contribution in [-0.4, -0.2) is 46.8 Å². The van der Waals surface area contributed by atoms with Crippen molar-refractivity contribution in [3.63, 3.8) is 0 Å². The summed E-state index contributed by atoms with van der Waals surface area (Å²) in [5.41, 5.74) is 0.963. The number of carboxylic acids is 1. The predicted octanol–water partition coefficient (Wildman–Crippen LogP) is 1.28. The molecule has 0 amide bonds. The minimum Gasteiger partial charge on any atom is -0.481 e. The van der Waals surface area contributed by atoms with Gasteiger partial charge in [-0.25, -0.2) is 9.97 Å². The second kappa shape index (κ2) is 5.97. The number of ether oxygens (including phenoxy) is 1. The summed E-state index contributed by atoms with van der Waals surface area (Å²) in [6.07, 6.45) is 1.60. The number of aliphatic carboxylic acids is 1. The maximum absolute atomic E-state index is 10.9. The number of aromatic nitrogens is 2. The Hall–Kier alpha value is -1.69. The monoisotopic (exact) mass is 265 g/mol. The van der Waals surface area contributed by atoms with Crippen molar-refractivity contribution < 1.29 is 14.6 Å². The first-order chi connectivity index (χ1) is 9.08. The molecular formula is C13H19N3O3. The van der Waals surface area contributed by atoms with E-state index < -0.39 is 5.97 Å². The summed E-state index contributed by atoms with van der Waals surface area (Å²) >= 11 is 0. The average Bonchev–Trinajstić information content (AvgIpc) is 2.39. The van der Waals surface area contributed by atoms with Gasteiger partial charge in [0.2, 0.25) is 0 Å². The Morgan fingerprint density at radius 2 is 2.37 bits per heavy atom. The van der Waals surface area contributed by atoms with Crippen molar-refractivity contribution in [2.75, 3.05) is 24.7 Å². The molecule has 0 spiro atoms. The van der Waals surface area contributed by atoms with Gasteiger partial charge in [-0.1, -0.05) is 13.8 Å². The first-order valence-corrected chi connectivity index (χ1v) is 6.46. The normalized spacial score (nSPS) is 19.7. The van der Waals surface area contributed by atoms with E-state index in [1.807, 2.05) is 11.0 Å². The molecule has 0 saturated carbocycles. The highest BCUT2D eigenvalue weighted by Crippen LogP contribution is 2.22. The van der Waals surface area contributed by atoms with Crippen molar-refractivity contribution in [3.8, 4) is 0 Å². The van der Waals surface area contributed by atoms with Gasteiger partial charge >= 0.3 is 5.97 Å². The van der Waals surface area contributed by atoms with Crippen LogP contribution >= 0.6 is 0 Å². The SMILES string of the molecule is CC(C)c1cc(N2CCOCC2CC(=O)O)ncn1. The van der Waals surface area contributed by atoms with Crippen LogP contribution in [0.15, 0.2) is 12.4 Å². The van der Waals surface area contributed by atoms with Crippen LogP contribution < -0.4 is 4.90 Å². The summed E-state index contributed by atoms with van der Waals surface area (Å²) in [5.74, 6) is 0.285. The van der Waals surface area contributed by atoms with Gasteiger partial charge in [-0.2, -0.15) is 0 Å². The fourth-order valence-electron chi connectivity index (χ4n) is 2.16. The van der Waals surface area contributed by atoms with Crippen LogP contribution in [0.4, 0.5) is 5.82 Å². The Morgan fingerprint density at radius 1 is 1.58 bits per heavy atom. The molecule has 2 heterocycles. The van der Waals surface area contributed by atoms with Gasteiger partial charge in [0.05, 0.1) is 25.7 Å². The highest BCUT2D eigenvalue weighted by molar-refractivity contribution is 5.68. The molecule has 1 fully saturated rings. The van der Waals surface area contributed by atoms with Crippen LogP contribution in [0.5, 0.6) is 0 Å². The Balaban J connectivity index is 2.21. The molecule has 0 aromatic carbocycles. The number of carbonyl (C=O) groups is 1. The summed E-state index contributed by atoms with van der Waals surface area (Å²) < 4.78 is 5.36. The number of morpholine rings is 1. The zero-order valence-corrected chi connectivity index (χ0v) is 11.2. The standard InChI is InChI=1S/C13H19N3O3/c1-9(2)11-6-12(15-8-14-11)16-3-4-19-7-10(16)5-13(17)18/h6,8-10H,3-5,7H2,1-2H3,(H,17,18). The van der Waals surface area contributed by atoms with Crippen LogP contribution in [0.25, 0.3) is 0 Å². The maximum atomic E-state index is 10.9. The smallest absolute Gasteiger partial charge is 0.305 e. The van der Waals surface area contributed by atoms with Gasteiger partial charge in [0.15, 0.2) is 0 Å². The highest BCUT2D eigenvalue weighted by atomic mass is 16.5. The molecule has 1 saturated heterocycles. The Morgan fingerprint density at radius 3 is 3.05 bits per heavy atom. The molecular weight excluding hydrogens is 246 g/mol. The number of hydrogen-bond acceptors (Lipinski definition) is 5. The molecule has 1 aromatic heterocycles. The zero-order valence-electron chi connectivity index (χ0n) is 11.2. The van der Waals surface area contributed by atoms with E-state index in [1.54, 1.807) is 0 Å². The van der Waals surface area contributed by atoms with Gasteiger partial charge in [-0.05, 0) is 5.92 Å². The molecule has 0 radical (unpaired) electrons. The van der Waals surface area contributed by atoms with Crippen LogP contribution in [-0.2, 0) is 9.53 Å². The van der Waals surface area contributed by atoms with E-state index in [0.29, 0.717) is 25.7 Å². The third kappa shape index (κ3) is 3.41. The summed E-state index contributed by atoms with van der Waals surface area (Å²) in [6.45, 7) is 5.82. The molecule has 2 rings (SSSR count). The van der Waals surface area contributed by atoms with E-state index in [0.717, 1.165) is 11.5 Å². The van der Waals surface area contributed by atoms with E-state index in [9.17, 15) is 4.79 Å². The lowest BCUT2D eigenvalue weighted by Crippen LogP contribution is -2.47. The van der Waals surface area contributed by atoms with Crippen molar-refractivity contribution in [2.24, 2.45) is 0 Å². The largest absolute Gasteiger partial charge is 0.481 e. The number of anilines is 1. The predicted molar refractivity (Wildman–Crippen MR) is 70.3 cm³/mol. The molecule has 1 N–H and O–H groups in total. The average molecular weight is 265 g/mol. The fourth-order valence-corrected chi connectivity index (χ4v) is 2.16. The van der Waals surface area contributed by atoms with Crippen LogP contribution in [0.3, 0.4) is 0 Å². The minimum absolute atomic E-state index is 0.0566. The highest BCUT2D eigenvalue weighted by Gasteiger charge is 2.26. The zero-order chi connectivity index (χ0) is 13.8. The molecule has 6 nitrogen and oxygen atoms in total. The van der Waals surface area contributed by atoms with Gasteiger partial charge in [0.1, 0.15) is 12.1 Å². The van der Waals surface area contributed by atoms with Gasteiger partial charge in [-0.3, -0.25) is 4.79 Å². The Bertz CT molecular complexity index is 451. The van der Waals surface area contributed by atoms with Crippen LogP contribution in [0, 0.1) is 0 Å². The molecule has 1 aliphatic rings. The molecule has 1 aromatic rings. The molecule has 19 heavy (non-hydrogen) atoms. The number of carboxylic acid groups (broad SMARTS) is 1. The minimum atomic E-state index is -0.821. The third-order valence-electron chi connectivity index (χ3n) is 3.20. The second-order valence-corrected chi connectivity index (χ2v) is 4.98. The van der Waals surface area contributed by atoms with E-state index in [2.05, 4.69) is 23.8 Å². The van der Waals surface area contributed by atoms with Crippen molar-refractivity contribution >= 4 is 11.8 Å². The molecule has 1 unspecified atom stereocenters. The summed E-state index contributed by atoms with van der Waals surface area (Å²) in [5, 5.41) is 8.96. The van der Waals surface area contributed by atoms with Crippen LogP contribution in [0.1, 0.15) is 31.9 Å². The molecule has 0 aliphatic carbocycles. The van der Waals surface area contributed by atoms with E-state index in [1.165, 1.54) is 6.33 Å². The van der Waals surface area contributed by atoms with E-state index >= 15 is 0 Å². The topological polar surface area (TPSA) is 75.5 Å². The lowest BCUT2D eigenvalue weighted by molar-refractivity contribution is -0.138. The molecule has 1 atom stereocenters. The van der Waals surface area contributed by atoms with Crippen molar-refractivity contribution in [2.45, 2.75) is 32.2 Å².